The number of nitrogens with one attached hydrogen (secondary N) is 3. The lowest BCUT2D eigenvalue weighted by Crippen LogP contribution is -2.71. The van der Waals surface area contributed by atoms with Crippen molar-refractivity contribution in [2.24, 2.45) is 40.9 Å². The van der Waals surface area contributed by atoms with Crippen LogP contribution in [0, 0.1) is 40.9 Å². The van der Waals surface area contributed by atoms with E-state index in [1.165, 1.54) is 88.5 Å². The molecule has 12 amide bonds. The fourth-order valence-corrected chi connectivity index (χ4v) is 18.7. The molecular formula is C80H131FN12O14. The Balaban J connectivity index is 1.22. The highest BCUT2D eigenvalue weighted by atomic mass is 19.1. The van der Waals surface area contributed by atoms with Crippen LogP contribution < -0.4 is 16.0 Å². The number of hydrogen-bond donors (Lipinski definition) is 3. The van der Waals surface area contributed by atoms with Gasteiger partial charge in [-0.2, -0.15) is 0 Å². The van der Waals surface area contributed by atoms with E-state index in [1.807, 2.05) is 53.7 Å². The van der Waals surface area contributed by atoms with Crippen LogP contribution in [0.4, 0.5) is 4.39 Å². The van der Waals surface area contributed by atoms with Crippen LogP contribution in [0.1, 0.15) is 216 Å². The van der Waals surface area contributed by atoms with Gasteiger partial charge in [-0.05, 0) is 138 Å². The first-order chi connectivity index (χ1) is 50.6. The van der Waals surface area contributed by atoms with Crippen molar-refractivity contribution in [3.8, 4) is 0 Å². The van der Waals surface area contributed by atoms with Gasteiger partial charge in [0.15, 0.2) is 0 Å². The van der Waals surface area contributed by atoms with E-state index in [0.29, 0.717) is 63.7 Å². The average molecular weight is 1500 g/mol. The van der Waals surface area contributed by atoms with Gasteiger partial charge >= 0.3 is 0 Å². The molecule has 5 saturated carbocycles. The summed E-state index contributed by atoms with van der Waals surface area (Å²) in [6, 6.07) is -10.0. The number of fused-ring (bicyclic) bond motifs is 3. The standard InChI is InChI=1S/C80H131FN12O14/c1-17-26-59-70(97)83-68(50(6)18-2)76(103)92(54-35-36-54)46-67(96)88(13)60-29-22-21-25-38-91(75(60)102)63(40-51-32-30-49(5)31-33-51)74(101)86(11)45-65(94)82-58(37-34-52-39-57(81)56(19-3)64(41-52)106-16)72(99)93-44-55(107-20-4)42-61(93)71(98)84-80(47-79(7,8)48-80)78(105)90(15)69(53-27-23-24-28-53)77(104)89(14)62(73(100)85(9)10)43-66(95)87(59)12/h21-22,49-64,68-69H,17-20,23-48H2,1-16H3,(H,82,94)(H,83,97)(H,84,98)/b22-21-/t49?,50-,51?,52?,55+,56?,57?,58-,59-,60-,61-,62-,63-,64?,68-,69-/m0/s1. The highest BCUT2D eigenvalue weighted by Crippen LogP contribution is 2.50. The second-order valence-corrected chi connectivity index (χ2v) is 34.1. The van der Waals surface area contributed by atoms with Crippen molar-refractivity contribution >= 4 is 70.9 Å². The van der Waals surface area contributed by atoms with Crippen LogP contribution in [0.15, 0.2) is 12.2 Å². The molecule has 1 spiro atoms. The van der Waals surface area contributed by atoms with Gasteiger partial charge in [0.05, 0.1) is 25.2 Å². The highest BCUT2D eigenvalue weighted by Gasteiger charge is 2.59. The fraction of sp³-hybridized carbons (Fsp3) is 0.825. The summed E-state index contributed by atoms with van der Waals surface area (Å²) in [4.78, 5) is 196. The number of nitrogens with zero attached hydrogens (tertiary/aromatic N) is 9. The number of rotatable bonds is 16. The largest absolute Gasteiger partial charge is 0.381 e. The Morgan fingerprint density at radius 3 is 1.95 bits per heavy atom. The summed E-state index contributed by atoms with van der Waals surface area (Å²) in [5.41, 5.74) is -2.08. The van der Waals surface area contributed by atoms with Crippen molar-refractivity contribution < 1.29 is 71.4 Å². The number of likely N-dealkylation sites (N-methyl/N-ethyl adjacent to an activating group) is 6. The number of alkyl halides is 1. The van der Waals surface area contributed by atoms with Gasteiger partial charge in [-0.3, -0.25) is 57.5 Å². The zero-order chi connectivity index (χ0) is 78.7. The molecule has 3 N–H and O–H groups in total. The van der Waals surface area contributed by atoms with Crippen LogP contribution in [-0.2, 0) is 67.0 Å². The fourth-order valence-electron chi connectivity index (χ4n) is 18.7. The second kappa shape index (κ2) is 37.8. The Morgan fingerprint density at radius 2 is 1.36 bits per heavy atom. The van der Waals surface area contributed by atoms with Gasteiger partial charge in [0.25, 0.3) is 0 Å². The first kappa shape index (κ1) is 85.8. The van der Waals surface area contributed by atoms with Gasteiger partial charge in [-0.15, -0.1) is 0 Å². The average Bonchev–Trinajstić information content (AvgIpc) is 1.43. The summed E-state index contributed by atoms with van der Waals surface area (Å²) >= 11 is 0. The van der Waals surface area contributed by atoms with Crippen molar-refractivity contribution in [3.63, 3.8) is 0 Å². The van der Waals surface area contributed by atoms with Crippen LogP contribution in [0.5, 0.6) is 0 Å². The van der Waals surface area contributed by atoms with E-state index in [0.717, 1.165) is 38.5 Å². The minimum Gasteiger partial charge on any atom is -0.381 e. The van der Waals surface area contributed by atoms with Gasteiger partial charge in [-0.25, -0.2) is 4.39 Å². The predicted molar refractivity (Wildman–Crippen MR) is 403 cm³/mol. The maximum atomic E-state index is 16.1. The Bertz CT molecular complexity index is 3180. The van der Waals surface area contributed by atoms with E-state index in [-0.39, 0.29) is 107 Å². The van der Waals surface area contributed by atoms with Crippen LogP contribution in [-0.4, -0.2) is 283 Å². The molecule has 0 aromatic carbocycles. The maximum absolute atomic E-state index is 16.1. The summed E-state index contributed by atoms with van der Waals surface area (Å²) in [7, 11) is 12.0. The summed E-state index contributed by atoms with van der Waals surface area (Å²) < 4.78 is 28.1. The van der Waals surface area contributed by atoms with Crippen molar-refractivity contribution in [1.82, 2.24) is 60.0 Å². The Morgan fingerprint density at radius 1 is 0.682 bits per heavy atom. The number of methoxy groups -OCH3 is 1. The lowest BCUT2D eigenvalue weighted by Gasteiger charge is -2.54. The molecule has 8 rings (SSSR count). The van der Waals surface area contributed by atoms with Gasteiger partial charge < -0.3 is 69.5 Å². The molecule has 0 aromatic heterocycles. The summed E-state index contributed by atoms with van der Waals surface area (Å²) in [5.74, 6) is -8.03. The molecule has 26 nitrogen and oxygen atoms in total. The van der Waals surface area contributed by atoms with Crippen LogP contribution in [0.3, 0.4) is 0 Å². The first-order valence-electron chi connectivity index (χ1n) is 40.4. The Kier molecular flexibility index (Phi) is 30.3. The van der Waals surface area contributed by atoms with Gasteiger partial charge in [0.2, 0.25) is 70.9 Å². The van der Waals surface area contributed by atoms with Gasteiger partial charge in [0, 0.05) is 94.5 Å². The molecule has 2 bridgehead atoms. The van der Waals surface area contributed by atoms with Crippen LogP contribution in [0.2, 0.25) is 0 Å². The number of halogens is 1. The number of amides is 12. The van der Waals surface area contributed by atoms with Crippen LogP contribution in [0.25, 0.3) is 0 Å². The molecule has 4 unspecified atom stereocenters. The monoisotopic (exact) mass is 1500 g/mol. The summed E-state index contributed by atoms with van der Waals surface area (Å²) in [5, 5.41) is 9.14. The molecule has 8 aliphatic rings. The molecule has 0 aromatic rings. The molecular weight excluding hydrogens is 1370 g/mol. The third kappa shape index (κ3) is 20.6. The number of carbonyl (C=O) groups excluding carboxylic acids is 12. The smallest absolute Gasteiger partial charge is 0.248 e. The zero-order valence-electron chi connectivity index (χ0n) is 67.4. The van der Waals surface area contributed by atoms with E-state index in [2.05, 4.69) is 22.9 Å². The maximum Gasteiger partial charge on any atom is 0.248 e. The van der Waals surface area contributed by atoms with Crippen molar-refractivity contribution in [2.75, 3.05) is 89.2 Å². The van der Waals surface area contributed by atoms with E-state index >= 15 is 52.3 Å². The molecule has 0 radical (unpaired) electrons. The van der Waals surface area contributed by atoms with E-state index in [4.69, 9.17) is 9.47 Å². The number of ether oxygens (including phenoxy) is 2. The van der Waals surface area contributed by atoms with E-state index in [9.17, 15) is 9.59 Å². The minimum absolute atomic E-state index is 0.0163. The van der Waals surface area contributed by atoms with Crippen molar-refractivity contribution in [3.05, 3.63) is 12.2 Å². The van der Waals surface area contributed by atoms with E-state index < -0.39 is 174 Å². The lowest BCUT2D eigenvalue weighted by molar-refractivity contribution is -0.161. The van der Waals surface area contributed by atoms with Crippen molar-refractivity contribution in [2.45, 2.75) is 294 Å². The molecule has 5 aliphatic carbocycles. The molecule has 107 heavy (non-hydrogen) atoms. The van der Waals surface area contributed by atoms with Crippen molar-refractivity contribution in [1.29, 1.82) is 0 Å². The Hall–Kier alpha value is -6.77. The lowest BCUT2D eigenvalue weighted by atomic mass is 9.58. The zero-order valence-corrected chi connectivity index (χ0v) is 67.4. The first-order valence-corrected chi connectivity index (χ1v) is 40.4. The predicted octanol–water partition coefficient (Wildman–Crippen LogP) is 6.26. The minimum atomic E-state index is -1.60. The van der Waals surface area contributed by atoms with Gasteiger partial charge in [0.1, 0.15) is 66.6 Å². The molecule has 3 aliphatic heterocycles. The Labute approximate surface area is 636 Å². The third-order valence-electron chi connectivity index (χ3n) is 25.3. The summed E-state index contributed by atoms with van der Waals surface area (Å²) in [6.07, 6.45) is 11.9. The molecule has 2 saturated heterocycles. The summed E-state index contributed by atoms with van der Waals surface area (Å²) in [6.45, 7) is 14.7. The normalized spacial score (nSPS) is 33.0. The molecule has 3 heterocycles. The number of hydrogen-bond acceptors (Lipinski definition) is 14. The van der Waals surface area contributed by atoms with Gasteiger partial charge in [-0.1, -0.05) is 112 Å². The molecule has 7 fully saturated rings. The van der Waals surface area contributed by atoms with Crippen LogP contribution >= 0.6 is 0 Å². The third-order valence-corrected chi connectivity index (χ3v) is 25.3. The number of carbonyl (C=O) groups is 12. The quantitative estimate of drug-likeness (QED) is 0.144. The van der Waals surface area contributed by atoms with E-state index in [1.54, 1.807) is 18.9 Å². The highest BCUT2D eigenvalue weighted by molar-refractivity contribution is 6.01. The molecule has 602 valence electrons. The molecule has 14 atom stereocenters. The second-order valence-electron chi connectivity index (χ2n) is 34.1. The SMILES string of the molecule is CCC[C@H]1C(=O)N[C@@H]([C@@H](C)CC)C(=O)N(C2CC2)CC(=O)N(C)[C@H]2C/C=C\CCN(C2=O)[C@@H](CC2CCC(C)CC2)C(=O)N(C)CC(=O)N[C@@H](CCC2CC(F)C(CC)C(OC)C2)C(=O)N2C[C@H](OCC)C[C@H]2C(=O)NC2(CC(C)(C)C2)C(=O)N(C)[C@@H](C2CCCC2)C(=O)N(C)[C@H](C(=O)N(C)C)CC(=O)N1C. The topological polar surface area (TPSA) is 289 Å². The molecule has 27 heteroatoms.